The monoisotopic (exact) mass is 255 g/mol. The first-order chi connectivity index (χ1) is 9.19. The lowest BCUT2D eigenvalue weighted by Gasteiger charge is -2.12. The van der Waals surface area contributed by atoms with Crippen molar-refractivity contribution in [2.24, 2.45) is 4.99 Å². The zero-order chi connectivity index (χ0) is 13.7. The van der Waals surface area contributed by atoms with Gasteiger partial charge in [0, 0.05) is 23.8 Å². The van der Waals surface area contributed by atoms with Crippen molar-refractivity contribution in [3.05, 3.63) is 41.5 Å². The summed E-state index contributed by atoms with van der Waals surface area (Å²) in [6.07, 6.45) is 6.65. The number of benzene rings is 1. The largest absolute Gasteiger partial charge is 0.294 e. The van der Waals surface area contributed by atoms with Gasteiger partial charge in [-0.2, -0.15) is 0 Å². The average Bonchev–Trinajstić information content (AvgIpc) is 2.39. The van der Waals surface area contributed by atoms with E-state index in [2.05, 4.69) is 31.0 Å². The number of hydrogen-bond donors (Lipinski definition) is 0. The number of hydrogen-bond acceptors (Lipinski definition) is 2. The van der Waals surface area contributed by atoms with Crippen LogP contribution in [0, 0.1) is 6.92 Å². The summed E-state index contributed by atoms with van der Waals surface area (Å²) in [6, 6.07) is 8.18. The Balaban J connectivity index is 2.14. The van der Waals surface area contributed by atoms with Gasteiger partial charge in [-0.15, -0.1) is 0 Å². The number of allylic oxidation sites excluding steroid dienone is 1. The third-order valence-corrected chi connectivity index (χ3v) is 3.37. The number of carbonyl (C=O) groups excluding carboxylic acids is 1. The predicted octanol–water partition coefficient (Wildman–Crippen LogP) is 4.33. The molecule has 0 atom stereocenters. The van der Waals surface area contributed by atoms with Crippen LogP contribution in [0.25, 0.3) is 5.70 Å². The zero-order valence-corrected chi connectivity index (χ0v) is 11.8. The second-order valence-electron chi connectivity index (χ2n) is 5.17. The molecule has 19 heavy (non-hydrogen) atoms. The van der Waals surface area contributed by atoms with Gasteiger partial charge in [0.2, 0.25) is 0 Å². The maximum atomic E-state index is 11.8. The van der Waals surface area contributed by atoms with Gasteiger partial charge < -0.3 is 0 Å². The van der Waals surface area contributed by atoms with Crippen LogP contribution >= 0.6 is 0 Å². The molecule has 1 aromatic rings. The van der Waals surface area contributed by atoms with Crippen molar-refractivity contribution in [2.45, 2.75) is 46.0 Å². The molecule has 0 spiro atoms. The first-order valence-electron chi connectivity index (χ1n) is 7.07. The van der Waals surface area contributed by atoms with Gasteiger partial charge in [-0.25, -0.2) is 0 Å². The molecular formula is C17H21NO. The number of ketones is 1. The van der Waals surface area contributed by atoms with Gasteiger partial charge >= 0.3 is 0 Å². The van der Waals surface area contributed by atoms with Gasteiger partial charge in [0.1, 0.15) is 0 Å². The lowest BCUT2D eigenvalue weighted by Crippen LogP contribution is -2.11. The Morgan fingerprint density at radius 1 is 1.16 bits per heavy atom. The molecule has 1 heterocycles. The molecule has 0 saturated heterocycles. The number of carbonyl (C=O) groups is 1. The fourth-order valence-corrected chi connectivity index (χ4v) is 2.24. The van der Waals surface area contributed by atoms with E-state index in [9.17, 15) is 4.79 Å². The average molecular weight is 255 g/mol. The van der Waals surface area contributed by atoms with Crippen molar-refractivity contribution >= 4 is 17.2 Å². The summed E-state index contributed by atoms with van der Waals surface area (Å²) in [6.45, 7) is 4.25. The molecule has 100 valence electrons. The Bertz CT molecular complexity index is 509. The Labute approximate surface area is 115 Å². The maximum Gasteiger partial charge on any atom is 0.163 e. The molecule has 2 heteroatoms. The summed E-state index contributed by atoms with van der Waals surface area (Å²) < 4.78 is 0. The molecular weight excluding hydrogens is 234 g/mol. The Morgan fingerprint density at radius 2 is 1.89 bits per heavy atom. The standard InChI is InChI=1S/C17H21NO/c1-3-4-5-6-15-11-16(19)12-17(18-15)14-9-7-13(2)8-10-14/h7-10,12H,3-6,11H2,1-2H3. The Morgan fingerprint density at radius 3 is 2.58 bits per heavy atom. The van der Waals surface area contributed by atoms with E-state index in [4.69, 9.17) is 0 Å². The van der Waals surface area contributed by atoms with E-state index in [0.29, 0.717) is 6.42 Å². The highest BCUT2D eigenvalue weighted by atomic mass is 16.1. The first kappa shape index (κ1) is 13.7. The number of aliphatic imine (C=N–C) groups is 1. The highest BCUT2D eigenvalue weighted by Gasteiger charge is 2.14. The van der Waals surface area contributed by atoms with Crippen molar-refractivity contribution in [1.29, 1.82) is 0 Å². The highest BCUT2D eigenvalue weighted by Crippen LogP contribution is 2.22. The fraction of sp³-hybridized carbons (Fsp3) is 0.412. The summed E-state index contributed by atoms with van der Waals surface area (Å²) in [5, 5.41) is 0. The number of rotatable bonds is 5. The van der Waals surface area contributed by atoms with Gasteiger partial charge in [0.25, 0.3) is 0 Å². The maximum absolute atomic E-state index is 11.8. The summed E-state index contributed by atoms with van der Waals surface area (Å²) in [7, 11) is 0. The highest BCUT2D eigenvalue weighted by molar-refractivity contribution is 6.14. The minimum atomic E-state index is 0.178. The lowest BCUT2D eigenvalue weighted by atomic mass is 10.0. The third kappa shape index (κ3) is 3.88. The summed E-state index contributed by atoms with van der Waals surface area (Å²) in [4.78, 5) is 16.5. The second-order valence-corrected chi connectivity index (χ2v) is 5.17. The van der Waals surface area contributed by atoms with Crippen molar-refractivity contribution in [2.75, 3.05) is 0 Å². The summed E-state index contributed by atoms with van der Waals surface area (Å²) in [5.41, 5.74) is 4.12. The van der Waals surface area contributed by atoms with Gasteiger partial charge in [-0.3, -0.25) is 9.79 Å². The van der Waals surface area contributed by atoms with Crippen LogP contribution in [0.4, 0.5) is 0 Å². The predicted molar refractivity (Wildman–Crippen MR) is 80.4 cm³/mol. The van der Waals surface area contributed by atoms with Gasteiger partial charge in [-0.1, -0.05) is 49.6 Å². The van der Waals surface area contributed by atoms with Crippen LogP contribution in [-0.2, 0) is 4.79 Å². The van der Waals surface area contributed by atoms with Crippen molar-refractivity contribution in [3.8, 4) is 0 Å². The Kier molecular flexibility index (Phi) is 4.67. The molecule has 0 radical (unpaired) electrons. The van der Waals surface area contributed by atoms with E-state index in [0.717, 1.165) is 29.8 Å². The topological polar surface area (TPSA) is 29.4 Å². The molecule has 0 unspecified atom stereocenters. The molecule has 0 fully saturated rings. The van der Waals surface area contributed by atoms with Crippen molar-refractivity contribution < 1.29 is 4.79 Å². The minimum Gasteiger partial charge on any atom is -0.294 e. The van der Waals surface area contributed by atoms with Crippen LogP contribution in [0.2, 0.25) is 0 Å². The Hall–Kier alpha value is -1.70. The molecule has 0 aliphatic carbocycles. The lowest BCUT2D eigenvalue weighted by molar-refractivity contribution is -0.113. The second kappa shape index (κ2) is 6.46. The molecule has 0 N–H and O–H groups in total. The number of unbranched alkanes of at least 4 members (excludes halogenated alkanes) is 2. The molecule has 1 aliphatic heterocycles. The minimum absolute atomic E-state index is 0.178. The van der Waals surface area contributed by atoms with Crippen LogP contribution < -0.4 is 0 Å². The molecule has 2 rings (SSSR count). The van der Waals surface area contributed by atoms with E-state index < -0.39 is 0 Å². The smallest absolute Gasteiger partial charge is 0.163 e. The van der Waals surface area contributed by atoms with E-state index in [-0.39, 0.29) is 5.78 Å². The SMILES string of the molecule is CCCCCC1=NC(c2ccc(C)cc2)=CC(=O)C1. The molecule has 0 bridgehead atoms. The van der Waals surface area contributed by atoms with E-state index >= 15 is 0 Å². The van der Waals surface area contributed by atoms with Crippen LogP contribution in [0.5, 0.6) is 0 Å². The fourth-order valence-electron chi connectivity index (χ4n) is 2.24. The van der Waals surface area contributed by atoms with Gasteiger partial charge in [0.15, 0.2) is 5.78 Å². The van der Waals surface area contributed by atoms with Gasteiger partial charge in [0.05, 0.1) is 5.70 Å². The van der Waals surface area contributed by atoms with Crippen LogP contribution in [0.15, 0.2) is 35.3 Å². The van der Waals surface area contributed by atoms with Crippen molar-refractivity contribution in [3.63, 3.8) is 0 Å². The number of nitrogens with zero attached hydrogens (tertiary/aromatic N) is 1. The molecule has 1 aliphatic rings. The first-order valence-corrected chi connectivity index (χ1v) is 7.07. The van der Waals surface area contributed by atoms with Crippen molar-refractivity contribution in [1.82, 2.24) is 0 Å². The third-order valence-electron chi connectivity index (χ3n) is 3.37. The molecule has 0 saturated carbocycles. The zero-order valence-electron chi connectivity index (χ0n) is 11.8. The number of aryl methyl sites for hydroxylation is 1. The van der Waals surface area contributed by atoms with E-state index in [1.807, 2.05) is 12.1 Å². The molecule has 0 aromatic heterocycles. The van der Waals surface area contributed by atoms with Gasteiger partial charge in [-0.05, 0) is 19.8 Å². The molecule has 0 amide bonds. The van der Waals surface area contributed by atoms with E-state index in [1.54, 1.807) is 6.08 Å². The normalized spacial score (nSPS) is 15.2. The van der Waals surface area contributed by atoms with Crippen LogP contribution in [-0.4, -0.2) is 11.5 Å². The quantitative estimate of drug-likeness (QED) is 0.720. The van der Waals surface area contributed by atoms with E-state index in [1.165, 1.54) is 18.4 Å². The molecule has 1 aromatic carbocycles. The molecule has 2 nitrogen and oxygen atoms in total. The summed E-state index contributed by atoms with van der Waals surface area (Å²) in [5.74, 6) is 0.178. The van der Waals surface area contributed by atoms with Crippen LogP contribution in [0.3, 0.4) is 0 Å². The summed E-state index contributed by atoms with van der Waals surface area (Å²) >= 11 is 0. The van der Waals surface area contributed by atoms with Crippen LogP contribution in [0.1, 0.15) is 50.2 Å².